The van der Waals surface area contributed by atoms with Gasteiger partial charge in [-0.3, -0.25) is 4.79 Å². The van der Waals surface area contributed by atoms with Gasteiger partial charge in [0, 0.05) is 18.5 Å². The Balaban J connectivity index is 1.92. The van der Waals surface area contributed by atoms with E-state index in [1.807, 2.05) is 18.2 Å². The first kappa shape index (κ1) is 14.3. The first-order valence-corrected chi connectivity index (χ1v) is 7.88. The molecule has 1 heterocycles. The monoisotopic (exact) mass is 285 g/mol. The van der Waals surface area contributed by atoms with Crippen LogP contribution >= 0.6 is 0 Å². The van der Waals surface area contributed by atoms with Crippen molar-refractivity contribution in [3.8, 4) is 0 Å². The van der Waals surface area contributed by atoms with Crippen molar-refractivity contribution in [3.63, 3.8) is 0 Å². The average Bonchev–Trinajstić information content (AvgIpc) is 3.12. The zero-order valence-electron chi connectivity index (χ0n) is 12.6. The maximum absolute atomic E-state index is 12.8. The number of aryl methyl sites for hydroxylation is 1. The van der Waals surface area contributed by atoms with Crippen LogP contribution in [0.15, 0.2) is 24.3 Å². The van der Waals surface area contributed by atoms with Crippen molar-refractivity contribution < 1.29 is 4.79 Å². The Hall–Kier alpha value is -1.68. The van der Waals surface area contributed by atoms with Gasteiger partial charge >= 0.3 is 0 Å². The molecule has 0 bridgehead atoms. The van der Waals surface area contributed by atoms with Crippen LogP contribution in [0.5, 0.6) is 0 Å². The Labute approximate surface area is 125 Å². The molecule has 0 aliphatic heterocycles. The molecule has 0 spiro atoms. The summed E-state index contributed by atoms with van der Waals surface area (Å²) < 4.78 is 2.15. The van der Waals surface area contributed by atoms with E-state index in [0.29, 0.717) is 13.0 Å². The van der Waals surface area contributed by atoms with Gasteiger partial charge in [-0.2, -0.15) is 0 Å². The van der Waals surface area contributed by atoms with Gasteiger partial charge in [-0.1, -0.05) is 25.0 Å². The Kier molecular flexibility index (Phi) is 3.81. The predicted molar refractivity (Wildman–Crippen MR) is 84.1 cm³/mol. The van der Waals surface area contributed by atoms with Crippen LogP contribution in [0.25, 0.3) is 11.0 Å². The number of para-hydroxylation sites is 2. The lowest BCUT2D eigenvalue weighted by Gasteiger charge is -2.25. The number of benzene rings is 1. The number of fused-ring (bicyclic) bond motifs is 1. The normalized spacial score (nSPS) is 17.4. The van der Waals surface area contributed by atoms with Crippen LogP contribution in [-0.2, 0) is 17.8 Å². The van der Waals surface area contributed by atoms with Crippen LogP contribution in [-0.4, -0.2) is 21.9 Å². The van der Waals surface area contributed by atoms with Gasteiger partial charge in [0.2, 0.25) is 0 Å². The number of hydrogen-bond acceptors (Lipinski definition) is 3. The van der Waals surface area contributed by atoms with Crippen molar-refractivity contribution in [2.24, 2.45) is 11.1 Å². The summed E-state index contributed by atoms with van der Waals surface area (Å²) in [5.74, 6) is 1.15. The molecule has 1 aromatic carbocycles. The SMILES string of the molecule is CCn1c(CC(=O)C2(CN)CCCC2)nc2ccccc21. The molecule has 112 valence electrons. The molecule has 1 aromatic heterocycles. The van der Waals surface area contributed by atoms with Gasteiger partial charge < -0.3 is 10.3 Å². The van der Waals surface area contributed by atoms with E-state index in [1.165, 1.54) is 0 Å². The third-order valence-corrected chi connectivity index (χ3v) is 4.91. The highest BCUT2D eigenvalue weighted by Crippen LogP contribution is 2.38. The summed E-state index contributed by atoms with van der Waals surface area (Å²) in [6, 6.07) is 8.07. The highest BCUT2D eigenvalue weighted by Gasteiger charge is 2.39. The Morgan fingerprint density at radius 2 is 2.05 bits per heavy atom. The van der Waals surface area contributed by atoms with Crippen molar-refractivity contribution in [1.29, 1.82) is 0 Å². The van der Waals surface area contributed by atoms with Crippen LogP contribution in [0.4, 0.5) is 0 Å². The summed E-state index contributed by atoms with van der Waals surface area (Å²) in [5.41, 5.74) is 7.70. The van der Waals surface area contributed by atoms with Gasteiger partial charge in [-0.25, -0.2) is 4.98 Å². The van der Waals surface area contributed by atoms with Crippen molar-refractivity contribution in [1.82, 2.24) is 9.55 Å². The van der Waals surface area contributed by atoms with Crippen molar-refractivity contribution in [2.45, 2.75) is 45.6 Å². The number of nitrogens with two attached hydrogens (primary N) is 1. The van der Waals surface area contributed by atoms with Gasteiger partial charge in [-0.15, -0.1) is 0 Å². The highest BCUT2D eigenvalue weighted by atomic mass is 16.1. The lowest BCUT2D eigenvalue weighted by atomic mass is 9.80. The molecule has 0 radical (unpaired) electrons. The largest absolute Gasteiger partial charge is 0.329 e. The standard InChI is InChI=1S/C17H23N3O/c1-2-20-14-8-4-3-7-13(14)19-16(20)11-15(21)17(12-18)9-5-6-10-17/h3-4,7-8H,2,5-6,9-12,18H2,1H3. The molecular formula is C17H23N3O. The Morgan fingerprint density at radius 3 is 2.71 bits per heavy atom. The zero-order chi connectivity index (χ0) is 14.9. The highest BCUT2D eigenvalue weighted by molar-refractivity contribution is 5.88. The number of carbonyl (C=O) groups excluding carboxylic acids is 1. The lowest BCUT2D eigenvalue weighted by molar-refractivity contribution is -0.127. The molecule has 0 saturated heterocycles. The number of hydrogen-bond donors (Lipinski definition) is 1. The quantitative estimate of drug-likeness (QED) is 0.918. The molecule has 0 atom stereocenters. The predicted octanol–water partition coefficient (Wildman–Crippen LogP) is 2.69. The number of rotatable bonds is 5. The minimum atomic E-state index is -0.295. The first-order chi connectivity index (χ1) is 10.2. The summed E-state index contributed by atoms with van der Waals surface area (Å²) in [6.45, 7) is 3.40. The molecule has 2 N–H and O–H groups in total. The molecule has 1 saturated carbocycles. The molecule has 2 aromatic rings. The summed E-state index contributed by atoms with van der Waals surface area (Å²) >= 11 is 0. The molecule has 0 unspecified atom stereocenters. The second kappa shape index (κ2) is 5.60. The number of aromatic nitrogens is 2. The second-order valence-corrected chi connectivity index (χ2v) is 6.05. The Bertz CT molecular complexity index is 653. The smallest absolute Gasteiger partial charge is 0.147 e. The summed E-state index contributed by atoms with van der Waals surface area (Å²) in [7, 11) is 0. The average molecular weight is 285 g/mol. The molecule has 3 rings (SSSR count). The van der Waals surface area contributed by atoms with E-state index < -0.39 is 0 Å². The van der Waals surface area contributed by atoms with Crippen LogP contribution < -0.4 is 5.73 Å². The Morgan fingerprint density at radius 1 is 1.33 bits per heavy atom. The molecule has 0 amide bonds. The molecule has 4 heteroatoms. The van der Waals surface area contributed by atoms with Crippen LogP contribution in [0.1, 0.15) is 38.4 Å². The third kappa shape index (κ3) is 2.38. The number of carbonyl (C=O) groups is 1. The fourth-order valence-electron chi connectivity index (χ4n) is 3.59. The third-order valence-electron chi connectivity index (χ3n) is 4.91. The van der Waals surface area contributed by atoms with E-state index >= 15 is 0 Å². The summed E-state index contributed by atoms with van der Waals surface area (Å²) in [4.78, 5) is 17.4. The molecular weight excluding hydrogens is 262 g/mol. The van der Waals surface area contributed by atoms with E-state index in [4.69, 9.17) is 5.73 Å². The van der Waals surface area contributed by atoms with Crippen molar-refractivity contribution in [3.05, 3.63) is 30.1 Å². The number of nitrogens with zero attached hydrogens (tertiary/aromatic N) is 2. The second-order valence-electron chi connectivity index (χ2n) is 6.05. The van der Waals surface area contributed by atoms with Crippen LogP contribution in [0, 0.1) is 5.41 Å². The molecule has 21 heavy (non-hydrogen) atoms. The van der Waals surface area contributed by atoms with E-state index in [0.717, 1.165) is 49.1 Å². The fourth-order valence-corrected chi connectivity index (χ4v) is 3.59. The maximum Gasteiger partial charge on any atom is 0.147 e. The zero-order valence-corrected chi connectivity index (χ0v) is 12.6. The molecule has 1 aliphatic rings. The van der Waals surface area contributed by atoms with E-state index in [9.17, 15) is 4.79 Å². The molecule has 1 aliphatic carbocycles. The van der Waals surface area contributed by atoms with Gasteiger partial charge in [0.25, 0.3) is 0 Å². The van der Waals surface area contributed by atoms with Gasteiger partial charge in [0.05, 0.1) is 17.5 Å². The minimum absolute atomic E-state index is 0.271. The fraction of sp³-hybridized carbons (Fsp3) is 0.529. The first-order valence-electron chi connectivity index (χ1n) is 7.88. The topological polar surface area (TPSA) is 60.9 Å². The van der Waals surface area contributed by atoms with Crippen molar-refractivity contribution >= 4 is 16.8 Å². The van der Waals surface area contributed by atoms with E-state index in [1.54, 1.807) is 0 Å². The van der Waals surface area contributed by atoms with Gasteiger partial charge in [0.1, 0.15) is 11.6 Å². The lowest BCUT2D eigenvalue weighted by Crippen LogP contribution is -2.37. The number of imidazole rings is 1. The number of ketones is 1. The maximum atomic E-state index is 12.8. The molecule has 1 fully saturated rings. The van der Waals surface area contributed by atoms with Crippen LogP contribution in [0.2, 0.25) is 0 Å². The molecule has 4 nitrogen and oxygen atoms in total. The van der Waals surface area contributed by atoms with Gasteiger partial charge in [-0.05, 0) is 31.9 Å². The van der Waals surface area contributed by atoms with Gasteiger partial charge in [0.15, 0.2) is 0 Å². The van der Waals surface area contributed by atoms with Crippen LogP contribution in [0.3, 0.4) is 0 Å². The number of Topliss-reactive ketones (excluding diaryl/α,β-unsaturated/α-hetero) is 1. The van der Waals surface area contributed by atoms with E-state index in [-0.39, 0.29) is 11.2 Å². The van der Waals surface area contributed by atoms with Crippen molar-refractivity contribution in [2.75, 3.05) is 6.54 Å². The summed E-state index contributed by atoms with van der Waals surface area (Å²) in [6.07, 6.45) is 4.52. The van der Waals surface area contributed by atoms with E-state index in [2.05, 4.69) is 22.5 Å². The summed E-state index contributed by atoms with van der Waals surface area (Å²) in [5, 5.41) is 0. The minimum Gasteiger partial charge on any atom is -0.329 e.